The molecule has 0 aliphatic carbocycles. The summed E-state index contributed by atoms with van der Waals surface area (Å²) >= 11 is 0. The fourth-order valence-corrected chi connectivity index (χ4v) is 4.52. The number of hydrogen-bond acceptors (Lipinski definition) is 3. The predicted octanol–water partition coefficient (Wildman–Crippen LogP) is 3.46. The number of nitrogens with one attached hydrogen (secondary N) is 2. The van der Waals surface area contributed by atoms with Gasteiger partial charge in [0.25, 0.3) is 0 Å². The van der Waals surface area contributed by atoms with Crippen LogP contribution in [0.3, 0.4) is 0 Å². The summed E-state index contributed by atoms with van der Waals surface area (Å²) in [5.41, 5.74) is 2.73. The first kappa shape index (κ1) is 22.1. The molecule has 3 rings (SSSR count). The maximum absolute atomic E-state index is 4.41. The summed E-state index contributed by atoms with van der Waals surface area (Å²) in [5, 5.41) is 7.01. The number of aliphatic imine (C=N–C) groups is 1. The Hall–Kier alpha value is -1.59. The Morgan fingerprint density at radius 2 is 1.72 bits per heavy atom. The van der Waals surface area contributed by atoms with Crippen LogP contribution in [-0.2, 0) is 13.1 Å². The van der Waals surface area contributed by atoms with Gasteiger partial charge in [-0.3, -0.25) is 9.89 Å². The zero-order chi connectivity index (χ0) is 20.5. The van der Waals surface area contributed by atoms with Gasteiger partial charge in [-0.05, 0) is 76.2 Å². The lowest BCUT2D eigenvalue weighted by molar-refractivity contribution is 0.141. The highest BCUT2D eigenvalue weighted by Gasteiger charge is 2.21. The van der Waals surface area contributed by atoms with Crippen molar-refractivity contribution in [2.24, 2.45) is 10.9 Å². The Labute approximate surface area is 178 Å². The van der Waals surface area contributed by atoms with E-state index in [2.05, 4.69) is 63.5 Å². The number of piperidine rings is 2. The maximum atomic E-state index is 4.41. The first-order valence-electron chi connectivity index (χ1n) is 11.6. The molecule has 162 valence electrons. The van der Waals surface area contributed by atoms with E-state index in [0.29, 0.717) is 12.0 Å². The van der Waals surface area contributed by atoms with Gasteiger partial charge in [-0.2, -0.15) is 0 Å². The SMILES string of the molecule is CN=C(NCc1ccc(CN2CCCCC2)cc1)NCC1CCCN(C(C)C)C1. The molecule has 0 spiro atoms. The van der Waals surface area contributed by atoms with Gasteiger partial charge in [-0.1, -0.05) is 30.7 Å². The third-order valence-electron chi connectivity index (χ3n) is 6.40. The van der Waals surface area contributed by atoms with Crippen molar-refractivity contribution in [2.45, 2.75) is 65.1 Å². The molecule has 2 heterocycles. The standard InChI is InChI=1S/C24H41N5/c1-20(2)29-15-7-8-23(19-29)17-27-24(25-3)26-16-21-9-11-22(12-10-21)18-28-13-5-4-6-14-28/h9-12,20,23H,4-8,13-19H2,1-3H3,(H2,25,26,27). The molecule has 5 nitrogen and oxygen atoms in total. The van der Waals surface area contributed by atoms with Crippen LogP contribution in [0.25, 0.3) is 0 Å². The Morgan fingerprint density at radius 3 is 2.41 bits per heavy atom. The number of benzene rings is 1. The van der Waals surface area contributed by atoms with E-state index in [1.807, 2.05) is 7.05 Å². The second-order valence-corrected chi connectivity index (χ2v) is 9.06. The van der Waals surface area contributed by atoms with Crippen molar-refractivity contribution >= 4 is 5.96 Å². The third-order valence-corrected chi connectivity index (χ3v) is 6.40. The average molecular weight is 400 g/mol. The number of guanidine groups is 1. The van der Waals surface area contributed by atoms with E-state index < -0.39 is 0 Å². The summed E-state index contributed by atoms with van der Waals surface area (Å²) in [5.74, 6) is 1.61. The molecule has 1 aromatic carbocycles. The van der Waals surface area contributed by atoms with Crippen LogP contribution in [0.1, 0.15) is 57.1 Å². The predicted molar refractivity (Wildman–Crippen MR) is 123 cm³/mol. The number of rotatable bonds is 7. The highest BCUT2D eigenvalue weighted by atomic mass is 15.2. The third kappa shape index (κ3) is 7.31. The first-order valence-corrected chi connectivity index (χ1v) is 11.6. The van der Waals surface area contributed by atoms with Crippen molar-refractivity contribution in [3.63, 3.8) is 0 Å². The molecule has 0 radical (unpaired) electrons. The number of likely N-dealkylation sites (tertiary alicyclic amines) is 2. The summed E-state index contributed by atoms with van der Waals surface area (Å²) < 4.78 is 0. The van der Waals surface area contributed by atoms with Gasteiger partial charge in [-0.25, -0.2) is 0 Å². The average Bonchev–Trinajstić information content (AvgIpc) is 2.76. The summed E-state index contributed by atoms with van der Waals surface area (Å²) in [6.07, 6.45) is 6.72. The van der Waals surface area contributed by atoms with Gasteiger partial charge in [0, 0.05) is 39.3 Å². The largest absolute Gasteiger partial charge is 0.356 e. The zero-order valence-corrected chi connectivity index (χ0v) is 18.8. The monoisotopic (exact) mass is 399 g/mol. The molecule has 2 aliphatic heterocycles. The second-order valence-electron chi connectivity index (χ2n) is 9.06. The van der Waals surface area contributed by atoms with Crippen LogP contribution >= 0.6 is 0 Å². The van der Waals surface area contributed by atoms with Gasteiger partial charge in [0.2, 0.25) is 0 Å². The minimum Gasteiger partial charge on any atom is -0.356 e. The van der Waals surface area contributed by atoms with E-state index in [-0.39, 0.29) is 0 Å². The molecule has 0 amide bonds. The molecule has 0 aromatic heterocycles. The van der Waals surface area contributed by atoms with Crippen LogP contribution in [0.4, 0.5) is 0 Å². The first-order chi connectivity index (χ1) is 14.1. The highest BCUT2D eigenvalue weighted by molar-refractivity contribution is 5.79. The Balaban J connectivity index is 1.39. The van der Waals surface area contributed by atoms with Crippen molar-refractivity contribution in [3.8, 4) is 0 Å². The molecular weight excluding hydrogens is 358 g/mol. The molecule has 0 saturated carbocycles. The van der Waals surface area contributed by atoms with Crippen LogP contribution in [0.2, 0.25) is 0 Å². The van der Waals surface area contributed by atoms with Gasteiger partial charge in [0.05, 0.1) is 0 Å². The minimum atomic E-state index is 0.646. The Bertz CT molecular complexity index is 619. The molecule has 1 atom stereocenters. The van der Waals surface area contributed by atoms with Crippen LogP contribution in [-0.4, -0.2) is 61.6 Å². The summed E-state index contributed by atoms with van der Waals surface area (Å²) in [6.45, 7) is 12.4. The van der Waals surface area contributed by atoms with Crippen LogP contribution in [0.15, 0.2) is 29.3 Å². The molecule has 29 heavy (non-hydrogen) atoms. The fraction of sp³-hybridized carbons (Fsp3) is 0.708. The number of hydrogen-bond donors (Lipinski definition) is 2. The summed E-state index contributed by atoms with van der Waals surface area (Å²) in [4.78, 5) is 9.58. The van der Waals surface area contributed by atoms with Crippen molar-refractivity contribution < 1.29 is 0 Å². The molecule has 5 heteroatoms. The van der Waals surface area contributed by atoms with Crippen molar-refractivity contribution in [1.29, 1.82) is 0 Å². The maximum Gasteiger partial charge on any atom is 0.191 e. The highest BCUT2D eigenvalue weighted by Crippen LogP contribution is 2.17. The van der Waals surface area contributed by atoms with Gasteiger partial charge in [0.15, 0.2) is 5.96 Å². The molecule has 0 bridgehead atoms. The molecule has 2 aliphatic rings. The summed E-state index contributed by atoms with van der Waals surface area (Å²) in [6, 6.07) is 9.71. The lowest BCUT2D eigenvalue weighted by Gasteiger charge is -2.35. The van der Waals surface area contributed by atoms with Gasteiger partial charge in [0.1, 0.15) is 0 Å². The fourth-order valence-electron chi connectivity index (χ4n) is 4.52. The van der Waals surface area contributed by atoms with E-state index in [1.165, 1.54) is 69.4 Å². The van der Waals surface area contributed by atoms with E-state index in [9.17, 15) is 0 Å². The normalized spacial score (nSPS) is 22.1. The van der Waals surface area contributed by atoms with Gasteiger partial charge >= 0.3 is 0 Å². The second kappa shape index (κ2) is 11.6. The van der Waals surface area contributed by atoms with Gasteiger partial charge in [-0.15, -0.1) is 0 Å². The van der Waals surface area contributed by atoms with Crippen LogP contribution in [0.5, 0.6) is 0 Å². The molecule has 2 fully saturated rings. The Kier molecular flexibility index (Phi) is 8.81. The van der Waals surface area contributed by atoms with Crippen LogP contribution < -0.4 is 10.6 Å². The van der Waals surface area contributed by atoms with Crippen molar-refractivity contribution in [2.75, 3.05) is 39.8 Å². The molecule has 2 N–H and O–H groups in total. The van der Waals surface area contributed by atoms with Crippen molar-refractivity contribution in [1.82, 2.24) is 20.4 Å². The molecule has 1 unspecified atom stereocenters. The topological polar surface area (TPSA) is 42.9 Å². The lowest BCUT2D eigenvalue weighted by atomic mass is 9.97. The molecule has 2 saturated heterocycles. The molecular formula is C24H41N5. The summed E-state index contributed by atoms with van der Waals surface area (Å²) in [7, 11) is 1.86. The van der Waals surface area contributed by atoms with E-state index in [1.54, 1.807) is 0 Å². The Morgan fingerprint density at radius 1 is 1.00 bits per heavy atom. The lowest BCUT2D eigenvalue weighted by Crippen LogP contribution is -2.45. The van der Waals surface area contributed by atoms with E-state index >= 15 is 0 Å². The smallest absolute Gasteiger partial charge is 0.191 e. The minimum absolute atomic E-state index is 0.646. The quantitative estimate of drug-likeness (QED) is 0.544. The zero-order valence-electron chi connectivity index (χ0n) is 18.8. The molecule has 1 aromatic rings. The van der Waals surface area contributed by atoms with E-state index in [0.717, 1.165) is 25.6 Å². The number of nitrogens with zero attached hydrogens (tertiary/aromatic N) is 3. The van der Waals surface area contributed by atoms with Gasteiger partial charge < -0.3 is 15.5 Å². The van der Waals surface area contributed by atoms with E-state index in [4.69, 9.17) is 0 Å². The van der Waals surface area contributed by atoms with Crippen molar-refractivity contribution in [3.05, 3.63) is 35.4 Å². The van der Waals surface area contributed by atoms with Crippen LogP contribution in [0, 0.1) is 5.92 Å².